The van der Waals surface area contributed by atoms with Crippen molar-refractivity contribution in [2.45, 2.75) is 18.1 Å². The van der Waals surface area contributed by atoms with Gasteiger partial charge in [-0.2, -0.15) is 0 Å². The Morgan fingerprint density at radius 2 is 2.28 bits per heavy atom. The number of phenolic OH excluding ortho intramolecular Hbond substituents is 1. The summed E-state index contributed by atoms with van der Waals surface area (Å²) < 4.78 is 11.7. The first-order valence-corrected chi connectivity index (χ1v) is 8.43. The van der Waals surface area contributed by atoms with Crippen LogP contribution in [0.4, 0.5) is 0 Å². The molecule has 2 atom stereocenters. The summed E-state index contributed by atoms with van der Waals surface area (Å²) in [6, 6.07) is 10.2. The Morgan fingerprint density at radius 1 is 1.40 bits per heavy atom. The fourth-order valence-electron chi connectivity index (χ4n) is 3.46. The van der Waals surface area contributed by atoms with Crippen LogP contribution < -0.4 is 0 Å². The quantitative estimate of drug-likeness (QED) is 0.889. The topological polar surface area (TPSA) is 71.9 Å². The van der Waals surface area contributed by atoms with Crippen LogP contribution in [0, 0.1) is 0 Å². The maximum Gasteiger partial charge on any atom is 0.254 e. The number of likely N-dealkylation sites (tertiary alicyclic amines) is 1. The molecule has 1 amide bonds. The van der Waals surface area contributed by atoms with Crippen LogP contribution in [0.1, 0.15) is 23.9 Å². The van der Waals surface area contributed by atoms with Gasteiger partial charge in [0.25, 0.3) is 5.91 Å². The Bertz CT molecular complexity index is 807. The number of benzene rings is 1. The SMILES string of the molecule is O=C(c1ccc(O)c(Cl)c1)N1CC[C@]2(c3ccccn3)OCOC2C1.[HH]. The Hall–Kier alpha value is -2.15. The van der Waals surface area contributed by atoms with Gasteiger partial charge in [0.05, 0.1) is 17.3 Å². The lowest BCUT2D eigenvalue weighted by Gasteiger charge is -2.41. The maximum absolute atomic E-state index is 12.8. The number of pyridine rings is 1. The molecule has 0 bridgehead atoms. The van der Waals surface area contributed by atoms with Gasteiger partial charge in [-0.15, -0.1) is 0 Å². The van der Waals surface area contributed by atoms with Crippen molar-refractivity contribution >= 4 is 17.5 Å². The van der Waals surface area contributed by atoms with Crippen molar-refractivity contribution in [1.29, 1.82) is 0 Å². The highest BCUT2D eigenvalue weighted by molar-refractivity contribution is 6.32. The number of fused-ring (bicyclic) bond motifs is 1. The molecule has 0 spiro atoms. The van der Waals surface area contributed by atoms with E-state index in [9.17, 15) is 9.90 Å². The molecule has 4 rings (SSSR count). The molecule has 2 saturated heterocycles. The van der Waals surface area contributed by atoms with Crippen molar-refractivity contribution in [3.8, 4) is 5.75 Å². The number of carbonyl (C=O) groups excluding carboxylic acids is 1. The van der Waals surface area contributed by atoms with Gasteiger partial charge in [0.2, 0.25) is 0 Å². The zero-order chi connectivity index (χ0) is 17.4. The third-order valence-corrected chi connectivity index (χ3v) is 5.13. The molecule has 2 aliphatic rings. The van der Waals surface area contributed by atoms with E-state index in [0.29, 0.717) is 25.1 Å². The van der Waals surface area contributed by atoms with Gasteiger partial charge in [-0.05, 0) is 30.3 Å². The summed E-state index contributed by atoms with van der Waals surface area (Å²) in [7, 11) is 0. The molecule has 6 nitrogen and oxygen atoms in total. The van der Waals surface area contributed by atoms with Gasteiger partial charge in [-0.1, -0.05) is 17.7 Å². The van der Waals surface area contributed by atoms with E-state index in [1.54, 1.807) is 17.2 Å². The molecule has 25 heavy (non-hydrogen) atoms. The number of rotatable bonds is 2. The second kappa shape index (κ2) is 6.29. The molecule has 1 N–H and O–H groups in total. The highest BCUT2D eigenvalue weighted by atomic mass is 35.5. The van der Waals surface area contributed by atoms with Gasteiger partial charge in [-0.3, -0.25) is 9.78 Å². The molecular weight excluding hydrogens is 344 g/mol. The van der Waals surface area contributed by atoms with Crippen LogP contribution in [-0.4, -0.2) is 46.9 Å². The summed E-state index contributed by atoms with van der Waals surface area (Å²) in [5.41, 5.74) is 0.661. The largest absolute Gasteiger partial charge is 0.506 e. The summed E-state index contributed by atoms with van der Waals surface area (Å²) >= 11 is 5.91. The zero-order valence-electron chi connectivity index (χ0n) is 13.4. The number of phenols is 1. The summed E-state index contributed by atoms with van der Waals surface area (Å²) in [5, 5.41) is 9.68. The number of halogens is 1. The predicted octanol–water partition coefficient (Wildman–Crippen LogP) is 2.80. The highest BCUT2D eigenvalue weighted by Crippen LogP contribution is 2.41. The second-order valence-corrected chi connectivity index (χ2v) is 6.60. The number of hydrogen-bond acceptors (Lipinski definition) is 5. The smallest absolute Gasteiger partial charge is 0.254 e. The molecular formula is C18H19ClN2O4. The Balaban J connectivity index is 0.00000196. The average Bonchev–Trinajstić information content (AvgIpc) is 3.08. The van der Waals surface area contributed by atoms with E-state index >= 15 is 0 Å². The molecule has 0 saturated carbocycles. The molecule has 0 radical (unpaired) electrons. The summed E-state index contributed by atoms with van der Waals surface area (Å²) in [6.45, 7) is 1.12. The van der Waals surface area contributed by atoms with Crippen LogP contribution in [0.2, 0.25) is 5.02 Å². The first-order chi connectivity index (χ1) is 12.1. The van der Waals surface area contributed by atoms with E-state index in [2.05, 4.69) is 4.98 Å². The minimum Gasteiger partial charge on any atom is -0.506 e. The number of piperidine rings is 1. The van der Waals surface area contributed by atoms with E-state index in [1.165, 1.54) is 12.1 Å². The van der Waals surface area contributed by atoms with E-state index in [0.717, 1.165) is 5.69 Å². The van der Waals surface area contributed by atoms with Gasteiger partial charge < -0.3 is 19.5 Å². The lowest BCUT2D eigenvalue weighted by atomic mass is 9.85. The van der Waals surface area contributed by atoms with Crippen LogP contribution >= 0.6 is 11.6 Å². The number of aromatic hydroxyl groups is 1. The lowest BCUT2D eigenvalue weighted by molar-refractivity contribution is -0.0470. The summed E-state index contributed by atoms with van der Waals surface area (Å²) in [6.07, 6.45) is 2.07. The Labute approximate surface area is 151 Å². The van der Waals surface area contributed by atoms with E-state index in [-0.39, 0.29) is 31.0 Å². The van der Waals surface area contributed by atoms with E-state index < -0.39 is 5.60 Å². The van der Waals surface area contributed by atoms with Gasteiger partial charge in [0, 0.05) is 26.2 Å². The van der Waals surface area contributed by atoms with Crippen molar-refractivity contribution in [1.82, 2.24) is 9.88 Å². The molecule has 3 heterocycles. The number of hydrogen-bond donors (Lipinski definition) is 1. The summed E-state index contributed by atoms with van der Waals surface area (Å²) in [4.78, 5) is 18.9. The van der Waals surface area contributed by atoms with Crippen LogP contribution in [0.3, 0.4) is 0 Å². The van der Waals surface area contributed by atoms with Crippen molar-refractivity contribution in [2.24, 2.45) is 0 Å². The van der Waals surface area contributed by atoms with E-state index in [1.807, 2.05) is 18.2 Å². The van der Waals surface area contributed by atoms with Crippen molar-refractivity contribution < 1.29 is 20.8 Å². The minimum atomic E-state index is -0.607. The summed E-state index contributed by atoms with van der Waals surface area (Å²) in [5.74, 6) is -0.189. The Kier molecular flexibility index (Phi) is 4.11. The normalized spacial score (nSPS) is 25.6. The maximum atomic E-state index is 12.8. The molecule has 2 fully saturated rings. The third-order valence-electron chi connectivity index (χ3n) is 4.83. The molecule has 132 valence electrons. The van der Waals surface area contributed by atoms with Crippen molar-refractivity contribution in [3.63, 3.8) is 0 Å². The lowest BCUT2D eigenvalue weighted by Crippen LogP contribution is -2.53. The average molecular weight is 363 g/mol. The molecule has 0 aliphatic carbocycles. The number of carbonyl (C=O) groups is 1. The number of nitrogens with zero attached hydrogens (tertiary/aromatic N) is 2. The Morgan fingerprint density at radius 3 is 3.04 bits per heavy atom. The highest BCUT2D eigenvalue weighted by Gasteiger charge is 2.52. The zero-order valence-corrected chi connectivity index (χ0v) is 14.1. The van der Waals surface area contributed by atoms with Gasteiger partial charge in [-0.25, -0.2) is 0 Å². The molecule has 1 unspecified atom stereocenters. The minimum absolute atomic E-state index is 0. The van der Waals surface area contributed by atoms with Crippen molar-refractivity contribution in [2.75, 3.05) is 19.9 Å². The van der Waals surface area contributed by atoms with Crippen LogP contribution in [0.25, 0.3) is 0 Å². The molecule has 1 aromatic heterocycles. The standard InChI is InChI=1S/C18H17ClN2O4.H2/c19-13-9-12(4-5-14(13)22)17(23)21-8-6-18(15-3-1-2-7-20-15)16(10-21)24-11-25-18;/h1-5,7,9,16,22H,6,8,10-11H2;1H/t16?,18-;/m1./s1. The predicted molar refractivity (Wildman–Crippen MR) is 92.5 cm³/mol. The second-order valence-electron chi connectivity index (χ2n) is 6.19. The van der Waals surface area contributed by atoms with Gasteiger partial charge in [0.1, 0.15) is 24.2 Å². The first kappa shape index (κ1) is 16.3. The third kappa shape index (κ3) is 2.76. The van der Waals surface area contributed by atoms with Crippen LogP contribution in [0.5, 0.6) is 5.75 Å². The van der Waals surface area contributed by atoms with Crippen LogP contribution in [-0.2, 0) is 15.1 Å². The van der Waals surface area contributed by atoms with E-state index in [4.69, 9.17) is 21.1 Å². The number of aromatic nitrogens is 1. The monoisotopic (exact) mass is 362 g/mol. The van der Waals surface area contributed by atoms with Gasteiger partial charge in [0.15, 0.2) is 0 Å². The first-order valence-electron chi connectivity index (χ1n) is 8.05. The fraction of sp³-hybridized carbons (Fsp3) is 0.333. The van der Waals surface area contributed by atoms with Crippen LogP contribution in [0.15, 0.2) is 42.6 Å². The molecule has 7 heteroatoms. The number of amides is 1. The molecule has 1 aromatic carbocycles. The van der Waals surface area contributed by atoms with Gasteiger partial charge >= 0.3 is 0 Å². The molecule has 2 aliphatic heterocycles. The fourth-order valence-corrected chi connectivity index (χ4v) is 3.64. The van der Waals surface area contributed by atoms with Crippen molar-refractivity contribution in [3.05, 3.63) is 58.9 Å². The number of ether oxygens (including phenoxy) is 2. The molecule has 2 aromatic rings.